The Morgan fingerprint density at radius 2 is 1.90 bits per heavy atom. The van der Waals surface area contributed by atoms with Crippen LogP contribution in [0.25, 0.3) is 6.08 Å². The highest BCUT2D eigenvalue weighted by Crippen LogP contribution is 2.50. The molecule has 1 N–H and O–H groups in total. The third kappa shape index (κ3) is 6.66. The maximum Gasteiger partial charge on any atom is 0.342 e. The molecule has 0 fully saturated rings. The smallest absolute Gasteiger partial charge is 0.342 e. The molecule has 2 heterocycles. The van der Waals surface area contributed by atoms with E-state index in [-0.39, 0.29) is 35.2 Å². The third-order valence-corrected chi connectivity index (χ3v) is 7.14. The van der Waals surface area contributed by atoms with Crippen LogP contribution < -0.4 is 14.2 Å². The lowest BCUT2D eigenvalue weighted by molar-refractivity contribution is -0.135. The molecule has 8 nitrogen and oxygen atoms in total. The standard InChI is InChI=1S/C32H38O8/c1-19(2)18-38-31-23(14-9-15-25(31)37-4)24-17-27(34)40-26-16-21-11-6-5-7-12-22(33)13-8-10-20(3)39-32(36)28(21)30(35)29(24)26/h6,9,11,14-16,19-20,24,35H,5,7-8,10,12-13,17-18H2,1-4H3/t20-,24+/m0/s1. The molecule has 214 valence electrons. The summed E-state index contributed by atoms with van der Waals surface area (Å²) in [4.78, 5) is 38.4. The van der Waals surface area contributed by atoms with E-state index < -0.39 is 24.0 Å². The SMILES string of the molecule is COc1cccc([C@H]2CC(=O)Oc3cc4c(c(O)c32)C(=O)O[C@@H](C)CCCC(=O)CCCC=C4)c1OCC(C)C. The predicted octanol–water partition coefficient (Wildman–Crippen LogP) is 6.36. The minimum Gasteiger partial charge on any atom is -0.507 e. The molecule has 0 saturated carbocycles. The van der Waals surface area contributed by atoms with Crippen LogP contribution in [0.3, 0.4) is 0 Å². The van der Waals surface area contributed by atoms with Crippen molar-refractivity contribution in [3.05, 3.63) is 52.6 Å². The number of aromatic hydroxyl groups is 1. The summed E-state index contributed by atoms with van der Waals surface area (Å²) in [6.07, 6.45) is 6.47. The van der Waals surface area contributed by atoms with Crippen molar-refractivity contribution in [3.8, 4) is 23.0 Å². The van der Waals surface area contributed by atoms with Crippen LogP contribution in [0.4, 0.5) is 0 Å². The third-order valence-electron chi connectivity index (χ3n) is 7.14. The van der Waals surface area contributed by atoms with Crippen LogP contribution in [0.5, 0.6) is 23.0 Å². The molecule has 8 heteroatoms. The number of rotatable bonds is 5. The van der Waals surface area contributed by atoms with Gasteiger partial charge in [0.05, 0.1) is 26.2 Å². The van der Waals surface area contributed by atoms with Crippen LogP contribution in [0.1, 0.15) is 98.7 Å². The summed E-state index contributed by atoms with van der Waals surface area (Å²) in [5.41, 5.74) is 1.37. The number of carbonyl (C=O) groups is 3. The van der Waals surface area contributed by atoms with Gasteiger partial charge in [-0.3, -0.25) is 9.59 Å². The van der Waals surface area contributed by atoms with Gasteiger partial charge < -0.3 is 24.1 Å². The number of para-hydroxylation sites is 1. The summed E-state index contributed by atoms with van der Waals surface area (Å²) in [7, 11) is 1.55. The number of hydrogen-bond donors (Lipinski definition) is 1. The van der Waals surface area contributed by atoms with E-state index in [1.54, 1.807) is 38.3 Å². The Morgan fingerprint density at radius 1 is 1.12 bits per heavy atom. The lowest BCUT2D eigenvalue weighted by atomic mass is 9.83. The molecule has 0 bridgehead atoms. The van der Waals surface area contributed by atoms with E-state index in [4.69, 9.17) is 18.9 Å². The summed E-state index contributed by atoms with van der Waals surface area (Å²) < 4.78 is 23.0. The number of fused-ring (bicyclic) bond motifs is 2. The molecule has 0 unspecified atom stereocenters. The van der Waals surface area contributed by atoms with Gasteiger partial charge in [0, 0.05) is 29.9 Å². The normalized spacial score (nSPS) is 20.2. The zero-order valence-electron chi connectivity index (χ0n) is 23.7. The molecular formula is C32H38O8. The molecule has 2 aliphatic rings. The number of cyclic esters (lactones) is 1. The first-order valence-electron chi connectivity index (χ1n) is 14.0. The Bertz CT molecular complexity index is 1290. The van der Waals surface area contributed by atoms with Crippen molar-refractivity contribution in [1.29, 1.82) is 0 Å². The Balaban J connectivity index is 1.85. The van der Waals surface area contributed by atoms with Gasteiger partial charge in [0.1, 0.15) is 22.8 Å². The van der Waals surface area contributed by atoms with Crippen molar-refractivity contribution in [1.82, 2.24) is 0 Å². The second-order valence-electron chi connectivity index (χ2n) is 10.9. The zero-order valence-corrected chi connectivity index (χ0v) is 23.7. The summed E-state index contributed by atoms with van der Waals surface area (Å²) in [5.74, 6) is -0.465. The molecule has 2 atom stereocenters. The van der Waals surface area contributed by atoms with Crippen LogP contribution >= 0.6 is 0 Å². The van der Waals surface area contributed by atoms with E-state index >= 15 is 0 Å². The molecule has 2 aliphatic heterocycles. The quantitative estimate of drug-likeness (QED) is 0.339. The van der Waals surface area contributed by atoms with E-state index in [9.17, 15) is 19.5 Å². The molecule has 4 rings (SSSR count). The van der Waals surface area contributed by atoms with Gasteiger partial charge in [0.25, 0.3) is 0 Å². The van der Waals surface area contributed by atoms with Crippen LogP contribution in [-0.4, -0.2) is 42.6 Å². The number of allylic oxidation sites excluding steroid dienone is 1. The number of benzene rings is 2. The number of Topliss-reactive ketones (excluding diaryl/α,β-unsaturated/α-hetero) is 1. The minimum atomic E-state index is -0.673. The van der Waals surface area contributed by atoms with Crippen molar-refractivity contribution in [2.24, 2.45) is 5.92 Å². The Hall–Kier alpha value is -3.81. The highest BCUT2D eigenvalue weighted by atomic mass is 16.5. The lowest BCUT2D eigenvalue weighted by Gasteiger charge is -2.29. The molecule has 2 aromatic rings. The summed E-state index contributed by atoms with van der Waals surface area (Å²) in [6, 6.07) is 7.01. The second kappa shape index (κ2) is 13.0. The predicted molar refractivity (Wildman–Crippen MR) is 150 cm³/mol. The van der Waals surface area contributed by atoms with Crippen LogP contribution in [-0.2, 0) is 14.3 Å². The molecule has 2 aromatic carbocycles. The maximum absolute atomic E-state index is 13.5. The first-order valence-corrected chi connectivity index (χ1v) is 14.0. The monoisotopic (exact) mass is 550 g/mol. The molecule has 0 radical (unpaired) electrons. The zero-order chi connectivity index (χ0) is 28.8. The molecule has 0 aliphatic carbocycles. The average molecular weight is 551 g/mol. The van der Waals surface area contributed by atoms with E-state index in [1.807, 2.05) is 26.0 Å². The van der Waals surface area contributed by atoms with Crippen LogP contribution in [0.2, 0.25) is 0 Å². The van der Waals surface area contributed by atoms with Crippen molar-refractivity contribution < 1.29 is 38.4 Å². The van der Waals surface area contributed by atoms with E-state index in [1.165, 1.54) is 0 Å². The fraction of sp³-hybridized carbons (Fsp3) is 0.469. The van der Waals surface area contributed by atoms with E-state index in [2.05, 4.69) is 0 Å². The fourth-order valence-corrected chi connectivity index (χ4v) is 5.16. The topological polar surface area (TPSA) is 108 Å². The summed E-state index contributed by atoms with van der Waals surface area (Å²) in [6.45, 7) is 6.26. The number of esters is 2. The first-order chi connectivity index (χ1) is 19.2. The summed E-state index contributed by atoms with van der Waals surface area (Å²) >= 11 is 0. The van der Waals surface area contributed by atoms with Gasteiger partial charge in [0.15, 0.2) is 11.5 Å². The van der Waals surface area contributed by atoms with Gasteiger partial charge in [-0.2, -0.15) is 0 Å². The lowest BCUT2D eigenvalue weighted by Crippen LogP contribution is -2.24. The number of ketones is 1. The van der Waals surface area contributed by atoms with Gasteiger partial charge in [-0.15, -0.1) is 0 Å². The number of methoxy groups -OCH3 is 1. The van der Waals surface area contributed by atoms with E-state index in [0.717, 1.165) is 0 Å². The van der Waals surface area contributed by atoms with Gasteiger partial charge in [-0.25, -0.2) is 4.79 Å². The second-order valence-corrected chi connectivity index (χ2v) is 10.9. The Morgan fingerprint density at radius 3 is 2.65 bits per heavy atom. The average Bonchev–Trinajstić information content (AvgIpc) is 2.90. The van der Waals surface area contributed by atoms with Crippen LogP contribution in [0.15, 0.2) is 30.3 Å². The Kier molecular flexibility index (Phi) is 9.50. The van der Waals surface area contributed by atoms with Gasteiger partial charge in [-0.1, -0.05) is 38.1 Å². The van der Waals surface area contributed by atoms with Crippen molar-refractivity contribution in [2.75, 3.05) is 13.7 Å². The molecule has 0 saturated heterocycles. The van der Waals surface area contributed by atoms with Crippen molar-refractivity contribution in [3.63, 3.8) is 0 Å². The highest BCUT2D eigenvalue weighted by Gasteiger charge is 2.37. The largest absolute Gasteiger partial charge is 0.507 e. The number of carbonyl (C=O) groups excluding carboxylic acids is 3. The van der Waals surface area contributed by atoms with Crippen molar-refractivity contribution >= 4 is 23.8 Å². The minimum absolute atomic E-state index is 0.0190. The molecule has 0 amide bonds. The number of phenolic OH excluding ortho intramolecular Hbond substituents is 1. The van der Waals surface area contributed by atoms with Crippen molar-refractivity contribution in [2.45, 2.75) is 77.7 Å². The Labute approximate surface area is 235 Å². The maximum atomic E-state index is 13.5. The van der Waals surface area contributed by atoms with E-state index in [0.29, 0.717) is 73.3 Å². The summed E-state index contributed by atoms with van der Waals surface area (Å²) in [5, 5.41) is 11.7. The molecule has 40 heavy (non-hydrogen) atoms. The highest BCUT2D eigenvalue weighted by molar-refractivity contribution is 5.98. The number of ether oxygens (including phenoxy) is 4. The molecular weight excluding hydrogens is 512 g/mol. The number of phenols is 1. The van der Waals surface area contributed by atoms with Gasteiger partial charge in [-0.05, 0) is 56.2 Å². The number of hydrogen-bond acceptors (Lipinski definition) is 8. The van der Waals surface area contributed by atoms with Gasteiger partial charge >= 0.3 is 11.9 Å². The van der Waals surface area contributed by atoms with Gasteiger partial charge in [0.2, 0.25) is 0 Å². The first kappa shape index (κ1) is 29.2. The fourth-order valence-electron chi connectivity index (χ4n) is 5.16. The molecule has 0 spiro atoms. The van der Waals surface area contributed by atoms with Crippen LogP contribution in [0, 0.1) is 5.92 Å². The molecule has 0 aromatic heterocycles.